The number of halogens is 1. The molecule has 2 heterocycles. The number of fused-ring (bicyclic) bond motifs is 1. The maximum atomic E-state index is 13.2. The number of aromatic nitrogens is 1. The van der Waals surface area contributed by atoms with E-state index in [9.17, 15) is 4.79 Å². The topological polar surface area (TPSA) is 64.1 Å². The summed E-state index contributed by atoms with van der Waals surface area (Å²) in [7, 11) is 3.29. The van der Waals surface area contributed by atoms with Crippen molar-refractivity contribution in [3.8, 4) is 17.2 Å². The van der Waals surface area contributed by atoms with Crippen LogP contribution < -0.4 is 19.1 Å². The molecule has 0 atom stereocenters. The van der Waals surface area contributed by atoms with E-state index in [4.69, 9.17) is 30.8 Å². The second kappa shape index (κ2) is 9.03. The number of piperazine rings is 1. The molecular weight excluding hydrogens is 450 g/mol. The van der Waals surface area contributed by atoms with Gasteiger partial charge in [-0.2, -0.15) is 0 Å². The first kappa shape index (κ1) is 22.5. The molecule has 7 nitrogen and oxygen atoms in total. The van der Waals surface area contributed by atoms with Gasteiger partial charge in [0.25, 0.3) is 5.91 Å². The van der Waals surface area contributed by atoms with E-state index in [0.29, 0.717) is 37.0 Å². The van der Waals surface area contributed by atoms with Crippen LogP contribution in [0.1, 0.15) is 13.8 Å². The lowest BCUT2D eigenvalue weighted by molar-refractivity contribution is -0.145. The third-order valence-electron chi connectivity index (χ3n) is 5.44. The van der Waals surface area contributed by atoms with Crippen molar-refractivity contribution in [2.24, 2.45) is 0 Å². The molecule has 1 saturated heterocycles. The zero-order valence-corrected chi connectivity index (χ0v) is 20.1. The van der Waals surface area contributed by atoms with E-state index in [1.807, 2.05) is 17.0 Å². The van der Waals surface area contributed by atoms with Gasteiger partial charge in [-0.1, -0.05) is 22.9 Å². The Morgan fingerprint density at radius 2 is 1.62 bits per heavy atom. The molecule has 1 aliphatic rings. The molecular formula is C23H26ClN3O4S. The highest BCUT2D eigenvalue weighted by Crippen LogP contribution is 2.40. The number of thiazole rings is 1. The van der Waals surface area contributed by atoms with E-state index in [0.717, 1.165) is 26.8 Å². The van der Waals surface area contributed by atoms with E-state index < -0.39 is 5.60 Å². The highest BCUT2D eigenvalue weighted by molar-refractivity contribution is 7.22. The summed E-state index contributed by atoms with van der Waals surface area (Å²) in [5.41, 5.74) is -0.185. The van der Waals surface area contributed by atoms with Gasteiger partial charge in [0.05, 0.1) is 14.2 Å². The van der Waals surface area contributed by atoms with Crippen molar-refractivity contribution in [2.45, 2.75) is 19.4 Å². The van der Waals surface area contributed by atoms with Crippen LogP contribution in [0.15, 0.2) is 36.4 Å². The molecule has 0 spiro atoms. The molecule has 0 bridgehead atoms. The minimum Gasteiger partial charge on any atom is -0.495 e. The summed E-state index contributed by atoms with van der Waals surface area (Å²) >= 11 is 7.51. The molecule has 170 valence electrons. The molecule has 0 unspecified atom stereocenters. The van der Waals surface area contributed by atoms with Crippen molar-refractivity contribution < 1.29 is 19.0 Å². The van der Waals surface area contributed by atoms with Crippen molar-refractivity contribution in [2.75, 3.05) is 45.3 Å². The highest BCUT2D eigenvalue weighted by atomic mass is 35.5. The number of rotatable bonds is 6. The Hall–Kier alpha value is -2.71. The Kier molecular flexibility index (Phi) is 6.35. The quantitative estimate of drug-likeness (QED) is 0.524. The Labute approximate surface area is 196 Å². The molecule has 2 aromatic carbocycles. The van der Waals surface area contributed by atoms with E-state index in [2.05, 4.69) is 4.90 Å². The standard InChI is InChI=1S/C23H26ClN3O4S/c1-23(2,31-16-7-5-15(24)6-8-16)21(28)26-11-13-27(14-12-26)22-25-19-17(29-3)9-10-18(30-4)20(19)32-22/h5-10H,11-14H2,1-4H3. The van der Waals surface area contributed by atoms with Crippen LogP contribution in [-0.2, 0) is 4.79 Å². The predicted molar refractivity (Wildman–Crippen MR) is 128 cm³/mol. The fourth-order valence-electron chi connectivity index (χ4n) is 3.73. The molecule has 9 heteroatoms. The maximum Gasteiger partial charge on any atom is 0.266 e. The molecule has 1 aliphatic heterocycles. The number of nitrogens with zero attached hydrogens (tertiary/aromatic N) is 3. The first-order valence-electron chi connectivity index (χ1n) is 10.3. The van der Waals surface area contributed by atoms with Crippen LogP contribution in [-0.4, -0.2) is 61.8 Å². The molecule has 0 aliphatic carbocycles. The molecule has 0 N–H and O–H groups in total. The van der Waals surface area contributed by atoms with Crippen molar-refractivity contribution in [1.29, 1.82) is 0 Å². The smallest absolute Gasteiger partial charge is 0.266 e. The second-order valence-electron chi connectivity index (χ2n) is 7.99. The van der Waals surface area contributed by atoms with Gasteiger partial charge < -0.3 is 24.0 Å². The van der Waals surface area contributed by atoms with Crippen molar-refractivity contribution in [3.63, 3.8) is 0 Å². The van der Waals surface area contributed by atoms with Crippen LogP contribution in [0.4, 0.5) is 5.13 Å². The van der Waals surface area contributed by atoms with Gasteiger partial charge in [-0.3, -0.25) is 4.79 Å². The zero-order chi connectivity index (χ0) is 22.9. The van der Waals surface area contributed by atoms with Crippen LogP contribution in [0.25, 0.3) is 10.2 Å². The largest absolute Gasteiger partial charge is 0.495 e. The normalized spacial score (nSPS) is 14.5. The molecule has 32 heavy (non-hydrogen) atoms. The van der Waals surface area contributed by atoms with E-state index in [1.54, 1.807) is 63.7 Å². The van der Waals surface area contributed by atoms with Crippen LogP contribution >= 0.6 is 22.9 Å². The van der Waals surface area contributed by atoms with Gasteiger partial charge in [0.15, 0.2) is 10.7 Å². The molecule has 3 aromatic rings. The highest BCUT2D eigenvalue weighted by Gasteiger charge is 2.36. The van der Waals surface area contributed by atoms with E-state index in [1.165, 1.54) is 0 Å². The fourth-order valence-corrected chi connectivity index (χ4v) is 4.98. The van der Waals surface area contributed by atoms with E-state index in [-0.39, 0.29) is 5.91 Å². The van der Waals surface area contributed by atoms with Gasteiger partial charge in [-0.05, 0) is 50.2 Å². The maximum absolute atomic E-state index is 13.2. The van der Waals surface area contributed by atoms with Crippen LogP contribution in [0.5, 0.6) is 17.2 Å². The minimum atomic E-state index is -0.980. The van der Waals surface area contributed by atoms with Crippen molar-refractivity contribution in [3.05, 3.63) is 41.4 Å². The zero-order valence-electron chi connectivity index (χ0n) is 18.6. The van der Waals surface area contributed by atoms with Crippen LogP contribution in [0.2, 0.25) is 5.02 Å². The number of hydrogen-bond donors (Lipinski definition) is 0. The molecule has 1 aromatic heterocycles. The lowest BCUT2D eigenvalue weighted by Crippen LogP contribution is -2.55. The summed E-state index contributed by atoms with van der Waals surface area (Å²) in [5.74, 6) is 2.07. The van der Waals surface area contributed by atoms with E-state index >= 15 is 0 Å². The molecule has 1 amide bonds. The van der Waals surface area contributed by atoms with Gasteiger partial charge in [0.2, 0.25) is 0 Å². The number of carbonyl (C=O) groups is 1. The number of amides is 1. The average molecular weight is 476 g/mol. The van der Waals surface area contributed by atoms with Crippen LogP contribution in [0.3, 0.4) is 0 Å². The Balaban J connectivity index is 1.44. The third-order valence-corrected chi connectivity index (χ3v) is 6.82. The van der Waals surface area contributed by atoms with Gasteiger partial charge in [0.1, 0.15) is 27.5 Å². The SMILES string of the molecule is COc1ccc(OC)c2sc(N3CCN(C(=O)C(C)(C)Oc4ccc(Cl)cc4)CC3)nc12. The number of benzene rings is 2. The van der Waals surface area contributed by atoms with Gasteiger partial charge >= 0.3 is 0 Å². The number of anilines is 1. The summed E-state index contributed by atoms with van der Waals surface area (Å²) in [4.78, 5) is 22.0. The fraction of sp³-hybridized carbons (Fsp3) is 0.391. The minimum absolute atomic E-state index is 0.0419. The molecule has 1 fully saturated rings. The molecule has 0 saturated carbocycles. The number of hydrogen-bond acceptors (Lipinski definition) is 7. The van der Waals surface area contributed by atoms with Gasteiger partial charge in [0, 0.05) is 31.2 Å². The third kappa shape index (κ3) is 4.42. The Morgan fingerprint density at radius 1 is 1.00 bits per heavy atom. The summed E-state index contributed by atoms with van der Waals surface area (Å²) in [5, 5.41) is 1.52. The summed E-state index contributed by atoms with van der Waals surface area (Å²) in [6, 6.07) is 10.8. The summed E-state index contributed by atoms with van der Waals surface area (Å²) in [6.45, 7) is 6.15. The average Bonchev–Trinajstić information content (AvgIpc) is 3.25. The Bertz CT molecular complexity index is 1070. The lowest BCUT2D eigenvalue weighted by atomic mass is 10.1. The second-order valence-corrected chi connectivity index (χ2v) is 9.40. The molecule has 0 radical (unpaired) electrons. The number of ether oxygens (including phenoxy) is 3. The number of carbonyl (C=O) groups excluding carboxylic acids is 1. The van der Waals surface area contributed by atoms with Gasteiger partial charge in [-0.15, -0.1) is 0 Å². The predicted octanol–water partition coefficient (Wildman–Crippen LogP) is 4.47. The van der Waals surface area contributed by atoms with Crippen molar-refractivity contribution in [1.82, 2.24) is 9.88 Å². The Morgan fingerprint density at radius 3 is 2.25 bits per heavy atom. The first-order valence-corrected chi connectivity index (χ1v) is 11.5. The summed E-state index contributed by atoms with van der Waals surface area (Å²) < 4.78 is 17.9. The lowest BCUT2D eigenvalue weighted by Gasteiger charge is -2.38. The van der Waals surface area contributed by atoms with Crippen LogP contribution in [0, 0.1) is 0 Å². The number of methoxy groups -OCH3 is 2. The van der Waals surface area contributed by atoms with Crippen molar-refractivity contribution >= 4 is 44.2 Å². The molecule has 4 rings (SSSR count). The first-order chi connectivity index (χ1) is 15.3. The summed E-state index contributed by atoms with van der Waals surface area (Å²) in [6.07, 6.45) is 0. The van der Waals surface area contributed by atoms with Gasteiger partial charge in [-0.25, -0.2) is 4.98 Å². The monoisotopic (exact) mass is 475 g/mol.